The van der Waals surface area contributed by atoms with Gasteiger partial charge in [-0.1, -0.05) is 0 Å². The lowest BCUT2D eigenvalue weighted by molar-refractivity contribution is -0.148. The Morgan fingerprint density at radius 1 is 0.906 bits per heavy atom. The average Bonchev–Trinajstić information content (AvgIpc) is 2.84. The molecule has 170 valence electrons. The van der Waals surface area contributed by atoms with Crippen molar-refractivity contribution >= 4 is 18.0 Å². The first-order chi connectivity index (χ1) is 15.5. The van der Waals surface area contributed by atoms with Gasteiger partial charge in [-0.3, -0.25) is 4.79 Å². The van der Waals surface area contributed by atoms with Crippen molar-refractivity contribution in [2.24, 2.45) is 0 Å². The smallest absolute Gasteiger partial charge is 0.331 e. The number of benzene rings is 2. The van der Waals surface area contributed by atoms with E-state index in [0.29, 0.717) is 48.1 Å². The Kier molecular flexibility index (Phi) is 7.59. The maximum atomic E-state index is 12.6. The van der Waals surface area contributed by atoms with E-state index in [-0.39, 0.29) is 12.5 Å². The molecule has 0 aromatic heterocycles. The highest BCUT2D eigenvalue weighted by atomic mass is 16.5. The second-order valence-electron chi connectivity index (χ2n) is 7.09. The van der Waals surface area contributed by atoms with Crippen molar-refractivity contribution in [2.75, 3.05) is 41.6 Å². The normalized spacial score (nSPS) is 12.8. The highest BCUT2D eigenvalue weighted by molar-refractivity contribution is 5.89. The first kappa shape index (κ1) is 23.0. The summed E-state index contributed by atoms with van der Waals surface area (Å²) in [4.78, 5) is 26.3. The quantitative estimate of drug-likeness (QED) is 0.460. The molecule has 8 nitrogen and oxygen atoms in total. The number of methoxy groups -OCH3 is 4. The predicted octanol–water partition coefficient (Wildman–Crippen LogP) is 2.86. The van der Waals surface area contributed by atoms with Crippen LogP contribution in [-0.4, -0.2) is 58.4 Å². The number of rotatable bonds is 8. The Bertz CT molecular complexity index is 1020. The summed E-state index contributed by atoms with van der Waals surface area (Å²) in [6, 6.07) is 9.06. The summed E-state index contributed by atoms with van der Waals surface area (Å²) in [5.74, 6) is 1.62. The van der Waals surface area contributed by atoms with Crippen molar-refractivity contribution in [3.63, 3.8) is 0 Å². The molecule has 2 aromatic carbocycles. The van der Waals surface area contributed by atoms with Crippen LogP contribution in [0.1, 0.15) is 16.7 Å². The lowest BCUT2D eigenvalue weighted by Gasteiger charge is -2.29. The Hall–Kier alpha value is -3.68. The number of carbonyl (C=O) groups excluding carboxylic acids is 2. The summed E-state index contributed by atoms with van der Waals surface area (Å²) >= 11 is 0. The molecule has 3 rings (SSSR count). The lowest BCUT2D eigenvalue weighted by atomic mass is 9.99. The van der Waals surface area contributed by atoms with Gasteiger partial charge >= 0.3 is 5.97 Å². The van der Waals surface area contributed by atoms with E-state index in [9.17, 15) is 9.59 Å². The molecular weight excluding hydrogens is 414 g/mol. The van der Waals surface area contributed by atoms with Gasteiger partial charge in [0.1, 0.15) is 11.5 Å². The van der Waals surface area contributed by atoms with E-state index in [0.717, 1.165) is 11.1 Å². The van der Waals surface area contributed by atoms with Crippen LogP contribution in [0.5, 0.6) is 23.0 Å². The molecule has 2 aromatic rings. The molecule has 0 aliphatic carbocycles. The Labute approximate surface area is 187 Å². The molecule has 32 heavy (non-hydrogen) atoms. The second kappa shape index (κ2) is 10.6. The number of nitrogens with zero attached hydrogens (tertiary/aromatic N) is 1. The molecule has 1 heterocycles. The average molecular weight is 441 g/mol. The summed E-state index contributed by atoms with van der Waals surface area (Å²) in [6.07, 6.45) is 3.52. The highest BCUT2D eigenvalue weighted by Crippen LogP contribution is 2.33. The number of esters is 1. The number of hydrogen-bond donors (Lipinski definition) is 0. The van der Waals surface area contributed by atoms with Crippen molar-refractivity contribution in [1.29, 1.82) is 0 Å². The third-order valence-electron chi connectivity index (χ3n) is 5.25. The van der Waals surface area contributed by atoms with E-state index in [4.69, 9.17) is 23.7 Å². The van der Waals surface area contributed by atoms with Crippen molar-refractivity contribution in [3.05, 3.63) is 53.1 Å². The Morgan fingerprint density at radius 3 is 2.25 bits per heavy atom. The standard InChI is InChI=1S/C24H27NO7/c1-28-19-7-5-16(20(13-19)29-2)6-8-24(27)32-15-23(26)25-10-9-17-11-21(30-3)22(31-4)12-18(17)14-25/h5-8,11-13H,9-10,14-15H2,1-4H3/b8-6+. The van der Waals surface area contributed by atoms with E-state index >= 15 is 0 Å². The lowest BCUT2D eigenvalue weighted by Crippen LogP contribution is -2.38. The molecule has 0 spiro atoms. The molecule has 0 unspecified atom stereocenters. The van der Waals surface area contributed by atoms with Gasteiger partial charge < -0.3 is 28.6 Å². The summed E-state index contributed by atoms with van der Waals surface area (Å²) in [5, 5.41) is 0. The van der Waals surface area contributed by atoms with Gasteiger partial charge in [-0.15, -0.1) is 0 Å². The first-order valence-electron chi connectivity index (χ1n) is 10.1. The van der Waals surface area contributed by atoms with Gasteiger partial charge in [-0.2, -0.15) is 0 Å². The van der Waals surface area contributed by atoms with E-state index in [2.05, 4.69) is 0 Å². The van der Waals surface area contributed by atoms with Gasteiger partial charge in [0.15, 0.2) is 18.1 Å². The monoisotopic (exact) mass is 441 g/mol. The molecule has 1 aliphatic rings. The summed E-state index contributed by atoms with van der Waals surface area (Å²) < 4.78 is 26.3. The van der Waals surface area contributed by atoms with Crippen molar-refractivity contribution in [2.45, 2.75) is 13.0 Å². The largest absolute Gasteiger partial charge is 0.497 e. The number of hydrogen-bond acceptors (Lipinski definition) is 7. The van der Waals surface area contributed by atoms with Gasteiger partial charge in [0, 0.05) is 30.8 Å². The summed E-state index contributed by atoms with van der Waals surface area (Å²) in [5.41, 5.74) is 2.79. The number of amides is 1. The molecular formula is C24H27NO7. The van der Waals surface area contributed by atoms with Crippen LogP contribution in [0, 0.1) is 0 Å². The minimum absolute atomic E-state index is 0.255. The zero-order valence-electron chi connectivity index (χ0n) is 18.7. The molecule has 8 heteroatoms. The minimum atomic E-state index is -0.611. The van der Waals surface area contributed by atoms with Crippen LogP contribution in [-0.2, 0) is 27.3 Å². The Morgan fingerprint density at radius 2 is 1.59 bits per heavy atom. The molecule has 0 saturated heterocycles. The van der Waals surface area contributed by atoms with E-state index in [1.54, 1.807) is 50.5 Å². The van der Waals surface area contributed by atoms with E-state index in [1.165, 1.54) is 13.2 Å². The second-order valence-corrected chi connectivity index (χ2v) is 7.09. The number of ether oxygens (including phenoxy) is 5. The van der Waals surface area contributed by atoms with Crippen LogP contribution >= 0.6 is 0 Å². The SMILES string of the molecule is COc1ccc(/C=C/C(=O)OCC(=O)N2CCc3cc(OC)c(OC)cc3C2)c(OC)c1. The van der Waals surface area contributed by atoms with Crippen LogP contribution < -0.4 is 18.9 Å². The van der Waals surface area contributed by atoms with E-state index < -0.39 is 5.97 Å². The molecule has 1 aliphatic heterocycles. The highest BCUT2D eigenvalue weighted by Gasteiger charge is 2.23. The van der Waals surface area contributed by atoms with E-state index in [1.807, 2.05) is 12.1 Å². The fourth-order valence-electron chi connectivity index (χ4n) is 3.48. The van der Waals surface area contributed by atoms with Crippen molar-refractivity contribution in [3.8, 4) is 23.0 Å². The van der Waals surface area contributed by atoms with Crippen molar-refractivity contribution in [1.82, 2.24) is 4.90 Å². The third kappa shape index (κ3) is 5.32. The molecule has 0 saturated carbocycles. The summed E-state index contributed by atoms with van der Waals surface area (Å²) in [6.45, 7) is 0.633. The molecule has 0 N–H and O–H groups in total. The van der Waals surface area contributed by atoms with Crippen LogP contribution in [0.25, 0.3) is 6.08 Å². The van der Waals surface area contributed by atoms with Gasteiger partial charge in [0.05, 0.1) is 28.4 Å². The van der Waals surface area contributed by atoms with Crippen molar-refractivity contribution < 1.29 is 33.3 Å². The third-order valence-corrected chi connectivity index (χ3v) is 5.25. The molecule has 0 fully saturated rings. The van der Waals surface area contributed by atoms with Crippen LogP contribution in [0.15, 0.2) is 36.4 Å². The topological polar surface area (TPSA) is 83.5 Å². The van der Waals surface area contributed by atoms with Gasteiger partial charge in [-0.25, -0.2) is 4.79 Å². The predicted molar refractivity (Wildman–Crippen MR) is 118 cm³/mol. The maximum absolute atomic E-state index is 12.6. The molecule has 0 radical (unpaired) electrons. The van der Waals surface area contributed by atoms with Crippen LogP contribution in [0.2, 0.25) is 0 Å². The van der Waals surface area contributed by atoms with Gasteiger partial charge in [0.25, 0.3) is 5.91 Å². The number of carbonyl (C=O) groups is 2. The summed E-state index contributed by atoms with van der Waals surface area (Å²) in [7, 11) is 6.26. The molecule has 0 atom stereocenters. The first-order valence-corrected chi connectivity index (χ1v) is 10.1. The number of fused-ring (bicyclic) bond motifs is 1. The fourth-order valence-corrected chi connectivity index (χ4v) is 3.48. The maximum Gasteiger partial charge on any atom is 0.331 e. The fraction of sp³-hybridized carbons (Fsp3) is 0.333. The van der Waals surface area contributed by atoms with Crippen LogP contribution in [0.4, 0.5) is 0 Å². The molecule has 1 amide bonds. The van der Waals surface area contributed by atoms with Crippen LogP contribution in [0.3, 0.4) is 0 Å². The zero-order valence-corrected chi connectivity index (χ0v) is 18.7. The zero-order chi connectivity index (χ0) is 23.1. The molecule has 0 bridgehead atoms. The van der Waals surface area contributed by atoms with Gasteiger partial charge in [-0.05, 0) is 47.9 Å². The Balaban J connectivity index is 1.57. The van der Waals surface area contributed by atoms with Gasteiger partial charge in [0.2, 0.25) is 0 Å². The minimum Gasteiger partial charge on any atom is -0.497 e.